The number of halogens is 1. The first kappa shape index (κ1) is 18.0. The first-order valence-electron chi connectivity index (χ1n) is 8.05. The first-order chi connectivity index (χ1) is 10.8. The molecule has 0 radical (unpaired) electrons. The average Bonchev–Trinajstić information content (AvgIpc) is 2.58. The Hall–Kier alpha value is -1.33. The van der Waals surface area contributed by atoms with Gasteiger partial charge in [0.2, 0.25) is 0 Å². The van der Waals surface area contributed by atoms with Crippen LogP contribution in [0.5, 0.6) is 5.75 Å². The van der Waals surface area contributed by atoms with Gasteiger partial charge in [0.05, 0.1) is 19.3 Å². The molecule has 0 saturated carbocycles. The highest BCUT2D eigenvalue weighted by atomic mass is 35.5. The lowest BCUT2D eigenvalue weighted by molar-refractivity contribution is 0.109. The van der Waals surface area contributed by atoms with Crippen molar-refractivity contribution in [3.63, 3.8) is 0 Å². The molecule has 126 valence electrons. The number of benzene rings is 2. The zero-order valence-electron chi connectivity index (χ0n) is 13.5. The fraction of sp³-hybridized carbons (Fsp3) is 0.444. The Balaban J connectivity index is 0.00000192. The van der Waals surface area contributed by atoms with Gasteiger partial charge in [-0.15, -0.1) is 12.4 Å². The molecule has 0 unspecified atom stereocenters. The van der Waals surface area contributed by atoms with Crippen LogP contribution in [0.2, 0.25) is 0 Å². The molecular weight excluding hydrogens is 312 g/mol. The third-order valence-electron chi connectivity index (χ3n) is 4.33. The number of nitrogens with one attached hydrogen (secondary N) is 1. The Morgan fingerprint density at radius 1 is 1.17 bits per heavy atom. The summed E-state index contributed by atoms with van der Waals surface area (Å²) in [6.07, 6.45) is 0. The highest BCUT2D eigenvalue weighted by Crippen LogP contribution is 2.36. The van der Waals surface area contributed by atoms with E-state index in [1.54, 1.807) is 0 Å². The normalized spacial score (nSPS) is 16.8. The SMILES string of the molecule is CCOc1ccc2ccccc2c1[C@H](CO)N1CCNCC1.Cl. The predicted octanol–water partition coefficient (Wildman–Crippen LogP) is 2.60. The van der Waals surface area contributed by atoms with Crippen LogP contribution in [0.25, 0.3) is 10.8 Å². The van der Waals surface area contributed by atoms with E-state index in [4.69, 9.17) is 4.74 Å². The van der Waals surface area contributed by atoms with Gasteiger partial charge in [-0.1, -0.05) is 30.3 Å². The van der Waals surface area contributed by atoms with Crippen LogP contribution in [0.4, 0.5) is 0 Å². The van der Waals surface area contributed by atoms with Crippen LogP contribution in [-0.4, -0.2) is 49.4 Å². The maximum atomic E-state index is 10.1. The molecular formula is C18H25ClN2O2. The smallest absolute Gasteiger partial charge is 0.124 e. The van der Waals surface area contributed by atoms with Crippen LogP contribution in [-0.2, 0) is 0 Å². The van der Waals surface area contributed by atoms with Gasteiger partial charge in [0.15, 0.2) is 0 Å². The number of ether oxygens (including phenoxy) is 1. The van der Waals surface area contributed by atoms with Crippen LogP contribution in [0.3, 0.4) is 0 Å². The monoisotopic (exact) mass is 336 g/mol. The Kier molecular flexibility index (Phi) is 6.66. The van der Waals surface area contributed by atoms with Crippen molar-refractivity contribution >= 4 is 23.2 Å². The molecule has 3 rings (SSSR count). The van der Waals surface area contributed by atoms with Gasteiger partial charge in [0, 0.05) is 31.7 Å². The summed E-state index contributed by atoms with van der Waals surface area (Å²) in [5.41, 5.74) is 1.12. The highest BCUT2D eigenvalue weighted by molar-refractivity contribution is 5.88. The number of fused-ring (bicyclic) bond motifs is 1. The van der Waals surface area contributed by atoms with Gasteiger partial charge >= 0.3 is 0 Å². The Morgan fingerprint density at radius 3 is 2.61 bits per heavy atom. The molecule has 1 aliphatic heterocycles. The lowest BCUT2D eigenvalue weighted by atomic mass is 9.96. The van der Waals surface area contributed by atoms with Gasteiger partial charge in [-0.25, -0.2) is 0 Å². The number of hydrogen-bond acceptors (Lipinski definition) is 4. The van der Waals surface area contributed by atoms with E-state index < -0.39 is 0 Å². The number of aliphatic hydroxyl groups excluding tert-OH is 1. The molecule has 1 fully saturated rings. The van der Waals surface area contributed by atoms with Gasteiger partial charge in [0.25, 0.3) is 0 Å². The third kappa shape index (κ3) is 3.78. The molecule has 23 heavy (non-hydrogen) atoms. The van der Waals surface area contributed by atoms with E-state index in [0.29, 0.717) is 6.61 Å². The van der Waals surface area contributed by atoms with E-state index in [2.05, 4.69) is 28.4 Å². The summed E-state index contributed by atoms with van der Waals surface area (Å²) < 4.78 is 5.87. The van der Waals surface area contributed by atoms with Crippen molar-refractivity contribution < 1.29 is 9.84 Å². The second-order valence-corrected chi connectivity index (χ2v) is 5.62. The highest BCUT2D eigenvalue weighted by Gasteiger charge is 2.26. The summed E-state index contributed by atoms with van der Waals surface area (Å²) in [7, 11) is 0. The topological polar surface area (TPSA) is 44.7 Å². The van der Waals surface area contributed by atoms with Gasteiger partial charge < -0.3 is 15.2 Å². The predicted molar refractivity (Wildman–Crippen MR) is 96.6 cm³/mol. The van der Waals surface area contributed by atoms with Gasteiger partial charge in [-0.05, 0) is 23.8 Å². The van der Waals surface area contributed by atoms with E-state index in [9.17, 15) is 5.11 Å². The van der Waals surface area contributed by atoms with Gasteiger partial charge in [0.1, 0.15) is 5.75 Å². The second-order valence-electron chi connectivity index (χ2n) is 5.62. The van der Waals surface area contributed by atoms with Crippen molar-refractivity contribution in [1.82, 2.24) is 10.2 Å². The summed E-state index contributed by atoms with van der Waals surface area (Å²) >= 11 is 0. The zero-order chi connectivity index (χ0) is 15.4. The fourth-order valence-electron chi connectivity index (χ4n) is 3.28. The largest absolute Gasteiger partial charge is 0.494 e. The maximum absolute atomic E-state index is 10.1. The molecule has 1 saturated heterocycles. The van der Waals surface area contributed by atoms with Crippen molar-refractivity contribution in [2.24, 2.45) is 0 Å². The Bertz CT molecular complexity index is 629. The average molecular weight is 337 g/mol. The lowest BCUT2D eigenvalue weighted by Crippen LogP contribution is -2.46. The number of hydrogen-bond donors (Lipinski definition) is 2. The minimum atomic E-state index is -0.0188. The molecule has 2 aromatic carbocycles. The fourth-order valence-corrected chi connectivity index (χ4v) is 3.28. The third-order valence-corrected chi connectivity index (χ3v) is 4.33. The molecule has 0 bridgehead atoms. The molecule has 1 heterocycles. The van der Waals surface area contributed by atoms with E-state index >= 15 is 0 Å². The quantitative estimate of drug-likeness (QED) is 0.881. The van der Waals surface area contributed by atoms with Crippen LogP contribution in [0, 0.1) is 0 Å². The molecule has 2 aromatic rings. The lowest BCUT2D eigenvalue weighted by Gasteiger charge is -2.35. The van der Waals surface area contributed by atoms with E-state index in [1.165, 1.54) is 10.8 Å². The molecule has 5 heteroatoms. The van der Waals surface area contributed by atoms with Gasteiger partial charge in [-0.3, -0.25) is 4.90 Å². The molecule has 0 aliphatic carbocycles. The molecule has 0 amide bonds. The molecule has 1 aliphatic rings. The maximum Gasteiger partial charge on any atom is 0.124 e. The molecule has 4 nitrogen and oxygen atoms in total. The Morgan fingerprint density at radius 2 is 1.91 bits per heavy atom. The number of rotatable bonds is 5. The van der Waals surface area contributed by atoms with Crippen molar-refractivity contribution in [1.29, 1.82) is 0 Å². The van der Waals surface area contributed by atoms with Crippen molar-refractivity contribution in [3.8, 4) is 5.75 Å². The van der Waals surface area contributed by atoms with Crippen molar-refractivity contribution in [3.05, 3.63) is 42.0 Å². The molecule has 1 atom stereocenters. The molecule has 0 spiro atoms. The summed E-state index contributed by atoms with van der Waals surface area (Å²) in [6, 6.07) is 12.4. The van der Waals surface area contributed by atoms with Crippen molar-refractivity contribution in [2.75, 3.05) is 39.4 Å². The van der Waals surface area contributed by atoms with Crippen LogP contribution in [0.15, 0.2) is 36.4 Å². The Labute approximate surface area is 143 Å². The summed E-state index contributed by atoms with van der Waals surface area (Å²) in [6.45, 7) is 6.55. The van der Waals surface area contributed by atoms with Crippen LogP contribution in [0.1, 0.15) is 18.5 Å². The number of nitrogens with zero attached hydrogens (tertiary/aromatic N) is 1. The zero-order valence-corrected chi connectivity index (χ0v) is 14.3. The first-order valence-corrected chi connectivity index (χ1v) is 8.05. The second kappa shape index (κ2) is 8.50. The van der Waals surface area contributed by atoms with E-state index in [-0.39, 0.29) is 25.1 Å². The molecule has 0 aromatic heterocycles. The minimum Gasteiger partial charge on any atom is -0.494 e. The van der Waals surface area contributed by atoms with E-state index in [1.807, 2.05) is 25.1 Å². The van der Waals surface area contributed by atoms with Crippen LogP contribution < -0.4 is 10.1 Å². The van der Waals surface area contributed by atoms with E-state index in [0.717, 1.165) is 37.5 Å². The van der Waals surface area contributed by atoms with Crippen molar-refractivity contribution in [2.45, 2.75) is 13.0 Å². The molecule has 2 N–H and O–H groups in total. The van der Waals surface area contributed by atoms with Crippen LogP contribution >= 0.6 is 12.4 Å². The number of aliphatic hydroxyl groups is 1. The minimum absolute atomic E-state index is 0. The summed E-state index contributed by atoms with van der Waals surface area (Å²) in [4.78, 5) is 2.35. The number of piperazine rings is 1. The summed E-state index contributed by atoms with van der Waals surface area (Å²) in [5, 5.41) is 15.8. The summed E-state index contributed by atoms with van der Waals surface area (Å²) in [5.74, 6) is 0.888. The van der Waals surface area contributed by atoms with Gasteiger partial charge in [-0.2, -0.15) is 0 Å². The standard InChI is InChI=1S/C18H24N2O2.ClH/c1-2-22-17-8-7-14-5-3-4-6-15(14)18(17)16(13-21)20-11-9-19-10-12-20;/h3-8,16,19,21H,2,9-13H2,1H3;1H/t16-;/m0./s1.